The Hall–Kier alpha value is -0.770. The molecule has 0 aromatic rings. The molecule has 1 saturated heterocycles. The Morgan fingerprint density at radius 1 is 1.56 bits per heavy atom. The zero-order chi connectivity index (χ0) is 12.0. The summed E-state index contributed by atoms with van der Waals surface area (Å²) in [6.07, 6.45) is 3.41. The SMILES string of the molecule is CCCCNC(=O)N1CCCNC1C(C)C. The van der Waals surface area contributed by atoms with Gasteiger partial charge in [-0.2, -0.15) is 0 Å². The van der Waals surface area contributed by atoms with Crippen LogP contribution in [0.25, 0.3) is 0 Å². The lowest BCUT2D eigenvalue weighted by atomic mass is 10.1. The van der Waals surface area contributed by atoms with Crippen molar-refractivity contribution in [3.8, 4) is 0 Å². The van der Waals surface area contributed by atoms with Crippen molar-refractivity contribution in [1.29, 1.82) is 0 Å². The molecule has 0 radical (unpaired) electrons. The molecule has 0 saturated carbocycles. The molecule has 0 aliphatic carbocycles. The zero-order valence-corrected chi connectivity index (χ0v) is 10.8. The van der Waals surface area contributed by atoms with Crippen molar-refractivity contribution in [3.05, 3.63) is 0 Å². The summed E-state index contributed by atoms with van der Waals surface area (Å²) < 4.78 is 0. The molecular formula is C12H25N3O. The number of nitrogens with one attached hydrogen (secondary N) is 2. The molecule has 1 heterocycles. The molecule has 2 N–H and O–H groups in total. The van der Waals surface area contributed by atoms with Gasteiger partial charge in [0.2, 0.25) is 0 Å². The molecule has 4 nitrogen and oxygen atoms in total. The number of rotatable bonds is 4. The van der Waals surface area contributed by atoms with Gasteiger partial charge in [0.1, 0.15) is 0 Å². The number of unbranched alkanes of at least 4 members (excludes halogenated alkanes) is 1. The number of hydrogen-bond acceptors (Lipinski definition) is 2. The largest absolute Gasteiger partial charge is 0.338 e. The Labute approximate surface area is 98.8 Å². The van der Waals surface area contributed by atoms with E-state index < -0.39 is 0 Å². The van der Waals surface area contributed by atoms with Crippen molar-refractivity contribution >= 4 is 6.03 Å². The van der Waals surface area contributed by atoms with E-state index in [1.165, 1.54) is 0 Å². The van der Waals surface area contributed by atoms with Gasteiger partial charge in [-0.3, -0.25) is 5.32 Å². The van der Waals surface area contributed by atoms with Crippen LogP contribution in [0, 0.1) is 5.92 Å². The number of amides is 2. The van der Waals surface area contributed by atoms with Crippen LogP contribution in [0.15, 0.2) is 0 Å². The Kier molecular flexibility index (Phi) is 5.60. The van der Waals surface area contributed by atoms with Crippen LogP contribution in [0.2, 0.25) is 0 Å². The van der Waals surface area contributed by atoms with Gasteiger partial charge in [-0.25, -0.2) is 4.79 Å². The molecule has 16 heavy (non-hydrogen) atoms. The Bertz CT molecular complexity index is 218. The number of carbonyl (C=O) groups excluding carboxylic acids is 1. The van der Waals surface area contributed by atoms with Crippen LogP contribution < -0.4 is 10.6 Å². The number of carbonyl (C=O) groups is 1. The van der Waals surface area contributed by atoms with Gasteiger partial charge in [-0.05, 0) is 25.3 Å². The van der Waals surface area contributed by atoms with Crippen LogP contribution in [-0.2, 0) is 0 Å². The lowest BCUT2D eigenvalue weighted by Gasteiger charge is -2.38. The first kappa shape index (κ1) is 13.3. The molecule has 4 heteroatoms. The first-order valence-corrected chi connectivity index (χ1v) is 6.44. The maximum atomic E-state index is 12.0. The molecule has 0 bridgehead atoms. The van der Waals surface area contributed by atoms with E-state index in [-0.39, 0.29) is 12.2 Å². The fourth-order valence-electron chi connectivity index (χ4n) is 2.05. The second-order valence-electron chi connectivity index (χ2n) is 4.78. The van der Waals surface area contributed by atoms with Gasteiger partial charge in [0.25, 0.3) is 0 Å². The quantitative estimate of drug-likeness (QED) is 0.719. The average Bonchev–Trinajstić information content (AvgIpc) is 2.29. The fraction of sp³-hybridized carbons (Fsp3) is 0.917. The van der Waals surface area contributed by atoms with Crippen LogP contribution in [0.4, 0.5) is 4.79 Å². The summed E-state index contributed by atoms with van der Waals surface area (Å²) in [6, 6.07) is 0.0827. The predicted octanol–water partition coefficient (Wildman–Crippen LogP) is 1.77. The van der Waals surface area contributed by atoms with Crippen molar-refractivity contribution in [2.45, 2.75) is 46.2 Å². The van der Waals surface area contributed by atoms with E-state index >= 15 is 0 Å². The minimum atomic E-state index is 0.0827. The first-order valence-electron chi connectivity index (χ1n) is 6.44. The molecule has 2 amide bonds. The van der Waals surface area contributed by atoms with Gasteiger partial charge >= 0.3 is 6.03 Å². The highest BCUT2D eigenvalue weighted by atomic mass is 16.2. The zero-order valence-electron chi connectivity index (χ0n) is 10.8. The van der Waals surface area contributed by atoms with Crippen molar-refractivity contribution < 1.29 is 4.79 Å². The van der Waals surface area contributed by atoms with E-state index in [1.807, 2.05) is 4.90 Å². The Morgan fingerprint density at radius 3 is 2.94 bits per heavy atom. The smallest absolute Gasteiger partial charge is 0.318 e. The molecular weight excluding hydrogens is 202 g/mol. The first-order chi connectivity index (χ1) is 7.66. The van der Waals surface area contributed by atoms with Crippen LogP contribution >= 0.6 is 0 Å². The second-order valence-corrected chi connectivity index (χ2v) is 4.78. The molecule has 1 atom stereocenters. The van der Waals surface area contributed by atoms with Gasteiger partial charge in [0.05, 0.1) is 6.17 Å². The Morgan fingerprint density at radius 2 is 2.31 bits per heavy atom. The summed E-state index contributed by atoms with van der Waals surface area (Å²) in [6.45, 7) is 9.10. The molecule has 0 spiro atoms. The van der Waals surface area contributed by atoms with Crippen molar-refractivity contribution in [3.63, 3.8) is 0 Å². The highest BCUT2D eigenvalue weighted by Crippen LogP contribution is 2.12. The van der Waals surface area contributed by atoms with Crippen LogP contribution in [-0.4, -0.2) is 36.7 Å². The standard InChI is InChI=1S/C12H25N3O/c1-4-5-7-14-12(16)15-9-6-8-13-11(15)10(2)3/h10-11,13H,4-9H2,1-3H3,(H,14,16). The molecule has 1 rings (SSSR count). The highest BCUT2D eigenvalue weighted by Gasteiger charge is 2.27. The number of urea groups is 1. The monoisotopic (exact) mass is 227 g/mol. The highest BCUT2D eigenvalue weighted by molar-refractivity contribution is 5.74. The van der Waals surface area contributed by atoms with Gasteiger partial charge in [-0.15, -0.1) is 0 Å². The summed E-state index contributed by atoms with van der Waals surface area (Å²) in [7, 11) is 0. The molecule has 1 aliphatic rings. The van der Waals surface area contributed by atoms with E-state index in [0.717, 1.165) is 38.9 Å². The molecule has 0 aromatic heterocycles. The maximum absolute atomic E-state index is 12.0. The molecule has 94 valence electrons. The van der Waals surface area contributed by atoms with E-state index in [4.69, 9.17) is 0 Å². The van der Waals surface area contributed by atoms with Gasteiger partial charge in [0.15, 0.2) is 0 Å². The summed E-state index contributed by atoms with van der Waals surface area (Å²) in [5.41, 5.74) is 0. The predicted molar refractivity (Wildman–Crippen MR) is 66.3 cm³/mol. The summed E-state index contributed by atoms with van der Waals surface area (Å²) in [5, 5.41) is 6.39. The van der Waals surface area contributed by atoms with Crippen LogP contribution in [0.3, 0.4) is 0 Å². The fourth-order valence-corrected chi connectivity index (χ4v) is 2.05. The number of nitrogens with zero attached hydrogens (tertiary/aromatic N) is 1. The Balaban J connectivity index is 2.44. The minimum Gasteiger partial charge on any atom is -0.338 e. The summed E-state index contributed by atoms with van der Waals surface area (Å²) in [4.78, 5) is 13.9. The van der Waals surface area contributed by atoms with Gasteiger partial charge < -0.3 is 10.2 Å². The maximum Gasteiger partial charge on any atom is 0.318 e. The average molecular weight is 227 g/mol. The van der Waals surface area contributed by atoms with Crippen LogP contribution in [0.5, 0.6) is 0 Å². The van der Waals surface area contributed by atoms with Gasteiger partial charge in [-0.1, -0.05) is 27.2 Å². The third kappa shape index (κ3) is 3.67. The third-order valence-electron chi connectivity index (χ3n) is 2.96. The minimum absolute atomic E-state index is 0.0827. The van der Waals surface area contributed by atoms with E-state index in [9.17, 15) is 4.79 Å². The lowest BCUT2D eigenvalue weighted by Crippen LogP contribution is -2.58. The summed E-state index contributed by atoms with van der Waals surface area (Å²) >= 11 is 0. The normalized spacial score (nSPS) is 21.2. The summed E-state index contributed by atoms with van der Waals surface area (Å²) in [5.74, 6) is 0.456. The van der Waals surface area contributed by atoms with Crippen molar-refractivity contribution in [2.24, 2.45) is 5.92 Å². The molecule has 1 aliphatic heterocycles. The van der Waals surface area contributed by atoms with E-state index in [1.54, 1.807) is 0 Å². The van der Waals surface area contributed by atoms with Crippen molar-refractivity contribution in [1.82, 2.24) is 15.5 Å². The van der Waals surface area contributed by atoms with E-state index in [0.29, 0.717) is 5.92 Å². The molecule has 1 fully saturated rings. The number of hydrogen-bond donors (Lipinski definition) is 2. The lowest BCUT2D eigenvalue weighted by molar-refractivity contribution is 0.114. The van der Waals surface area contributed by atoms with Crippen LogP contribution in [0.1, 0.15) is 40.0 Å². The topological polar surface area (TPSA) is 44.4 Å². The third-order valence-corrected chi connectivity index (χ3v) is 2.96. The van der Waals surface area contributed by atoms with Crippen molar-refractivity contribution in [2.75, 3.05) is 19.6 Å². The molecule has 1 unspecified atom stereocenters. The van der Waals surface area contributed by atoms with Gasteiger partial charge in [0, 0.05) is 13.1 Å². The van der Waals surface area contributed by atoms with E-state index in [2.05, 4.69) is 31.4 Å². The molecule has 0 aromatic carbocycles. The second kappa shape index (κ2) is 6.74.